The molecule has 13 nitrogen and oxygen atoms in total. The number of nitrogens with one attached hydrogen (secondary N) is 3. The molecule has 3 amide bonds. The largest absolute Gasteiger partial charge is 0.360 e. The summed E-state index contributed by atoms with van der Waals surface area (Å²) in [5.41, 5.74) is 12.3. The first-order chi connectivity index (χ1) is 56.3. The SMILES string of the molecule is N#Cc1cccc(-c2ccc(C3(CCC(=O)Nc4ccc(F)c(Cl)c4)CCN(CC4CC4)CC3)cc2)c1.N#Cc1cccc(-c2ccc(C3(CCC(=O)Nc4ccc(F)c(F)c4)CCN(C4CCC4)CC3)cc2)c1.N#Cc1cccc(-c2ccc(C3(OCC(=O)Nc4cc(Cl)cc(Cl)c4)CCN(C4C5CCCC4CCC5)CC3)cc2)c1. The summed E-state index contributed by atoms with van der Waals surface area (Å²) in [6, 6.07) is 69.3. The first-order valence-corrected chi connectivity index (χ1v) is 42.4. The maximum Gasteiger partial charge on any atom is 0.250 e. The number of fused-ring (bicyclic) bond motifs is 2. The van der Waals surface area contributed by atoms with Crippen molar-refractivity contribution in [1.82, 2.24) is 14.7 Å². The number of hydrogen-bond acceptors (Lipinski definition) is 10. The standard InChI is InChI=1S/C35H37Cl2N3O2.C31H31ClFN3O.C31H31F2N3O/c36-30-19-31(37)21-32(20-30)39-33(41)23-42-35(29-12-10-25(11-13-29)28-9-1-4-24(18-28)22-38)14-16-40(17-15-35)34-26-5-2-6-27(34)8-3-7-26;32-28-19-27(10-11-29(28)33)35-30(37)12-13-31(14-16-36(17-15-31)21-22-4-5-22)26-8-6-24(7-9-26)25-3-1-2-23(18-25)20-34;32-28-12-11-26(20-29(28)33)35-30(37)13-14-31(15-17-36(18-16-31)27-5-2-6-27)25-9-7-23(8-10-25)24-4-1-3-22(19-24)21-34/h1,4,9-13,18-21,26-27,34H,2-3,5-8,14-17,23H2,(H,39,41);1-3,6-11,18-19,22H,4-5,12-17,21H2,(H,35,37);1,3-4,7-12,19-20,27H,2,5-6,13-18H2,(H,35,37). The molecule has 7 fully saturated rings. The molecule has 0 spiro atoms. The topological polar surface area (TPSA) is 178 Å². The summed E-state index contributed by atoms with van der Waals surface area (Å²) in [5, 5.41) is 37.2. The van der Waals surface area contributed by atoms with Gasteiger partial charge in [-0.2, -0.15) is 15.8 Å². The number of nitrogens with zero attached hydrogens (tertiary/aromatic N) is 6. The number of halogens is 6. The zero-order valence-electron chi connectivity index (χ0n) is 65.5. The molecule has 3 heterocycles. The monoisotopic (exact) mass is 1620 g/mol. The molecule has 3 saturated heterocycles. The average Bonchev–Trinajstić information content (AvgIpc) is 0.884. The first-order valence-electron chi connectivity index (χ1n) is 41.3. The number of anilines is 3. The third kappa shape index (κ3) is 20.8. The third-order valence-electron chi connectivity index (χ3n) is 25.7. The molecule has 2 bridgehead atoms. The minimum atomic E-state index is -0.974. The Kier molecular flexibility index (Phi) is 27.3. The maximum absolute atomic E-state index is 13.6. The Balaban J connectivity index is 0.000000144. The van der Waals surface area contributed by atoms with Crippen LogP contribution in [0.1, 0.15) is 168 Å². The number of amides is 3. The fraction of sp³-hybridized carbons (Fsp3) is 0.381. The van der Waals surface area contributed by atoms with Gasteiger partial charge in [-0.25, -0.2) is 13.2 Å². The zero-order valence-corrected chi connectivity index (χ0v) is 67.8. The number of nitriles is 3. The van der Waals surface area contributed by atoms with Crippen LogP contribution in [0.3, 0.4) is 0 Å². The lowest BCUT2D eigenvalue weighted by Crippen LogP contribution is -2.55. The smallest absolute Gasteiger partial charge is 0.250 e. The van der Waals surface area contributed by atoms with Crippen molar-refractivity contribution >= 4 is 69.6 Å². The normalized spacial score (nSPS) is 19.6. The maximum atomic E-state index is 13.6. The van der Waals surface area contributed by atoms with Crippen LogP contribution >= 0.6 is 34.8 Å². The van der Waals surface area contributed by atoms with Crippen LogP contribution in [0.25, 0.3) is 33.4 Å². The van der Waals surface area contributed by atoms with Crippen LogP contribution in [0.5, 0.6) is 0 Å². The van der Waals surface area contributed by atoms with E-state index < -0.39 is 23.1 Å². The molecule has 0 atom stereocenters. The van der Waals surface area contributed by atoms with Gasteiger partial charge in [0.2, 0.25) is 17.7 Å². The molecule has 19 heteroatoms. The molecule has 9 aromatic rings. The molecule has 3 aliphatic heterocycles. The molecule has 0 radical (unpaired) electrons. The highest BCUT2D eigenvalue weighted by molar-refractivity contribution is 6.35. The van der Waals surface area contributed by atoms with Crippen LogP contribution in [0, 0.1) is 69.2 Å². The van der Waals surface area contributed by atoms with E-state index in [0.29, 0.717) is 69.5 Å². The van der Waals surface area contributed by atoms with Crippen LogP contribution in [0.4, 0.5) is 30.2 Å². The molecule has 0 unspecified atom stereocenters. The van der Waals surface area contributed by atoms with Gasteiger partial charge in [0.1, 0.15) is 12.4 Å². The third-order valence-corrected chi connectivity index (χ3v) is 26.5. The molecule has 598 valence electrons. The fourth-order valence-corrected chi connectivity index (χ4v) is 19.5. The molecule has 16 rings (SSSR count). The van der Waals surface area contributed by atoms with Crippen molar-refractivity contribution in [2.24, 2.45) is 17.8 Å². The second-order valence-electron chi connectivity index (χ2n) is 33.0. The van der Waals surface area contributed by atoms with Gasteiger partial charge in [-0.3, -0.25) is 19.3 Å². The van der Waals surface area contributed by atoms with Crippen molar-refractivity contribution in [3.05, 3.63) is 266 Å². The predicted molar refractivity (Wildman–Crippen MR) is 455 cm³/mol. The van der Waals surface area contributed by atoms with Crippen LogP contribution in [-0.4, -0.2) is 96.9 Å². The molecule has 116 heavy (non-hydrogen) atoms. The Labute approximate surface area is 695 Å². The van der Waals surface area contributed by atoms with E-state index in [1.807, 2.05) is 66.7 Å². The van der Waals surface area contributed by atoms with Crippen LogP contribution in [-0.2, 0) is 35.6 Å². The van der Waals surface area contributed by atoms with E-state index in [0.717, 1.165) is 153 Å². The van der Waals surface area contributed by atoms with E-state index in [4.69, 9.17) is 39.5 Å². The van der Waals surface area contributed by atoms with Crippen molar-refractivity contribution < 1.29 is 32.3 Å². The molecule has 3 N–H and O–H groups in total. The summed E-state index contributed by atoms with van der Waals surface area (Å²) in [7, 11) is 0. The minimum absolute atomic E-state index is 0.00213. The number of benzene rings is 9. The van der Waals surface area contributed by atoms with E-state index >= 15 is 0 Å². The lowest BCUT2D eigenvalue weighted by atomic mass is 9.67. The van der Waals surface area contributed by atoms with Gasteiger partial charge in [0.15, 0.2) is 11.6 Å². The number of rotatable bonds is 22. The lowest BCUT2D eigenvalue weighted by Gasteiger charge is -2.52. The Morgan fingerprint density at radius 2 is 0.853 bits per heavy atom. The zero-order chi connectivity index (χ0) is 80.8. The van der Waals surface area contributed by atoms with Gasteiger partial charge in [-0.05, 0) is 292 Å². The molecular formula is C97H99Cl3F3N9O4. The van der Waals surface area contributed by atoms with E-state index in [9.17, 15) is 43.3 Å². The Morgan fingerprint density at radius 1 is 0.422 bits per heavy atom. The number of ether oxygens (including phenoxy) is 1. The van der Waals surface area contributed by atoms with Crippen molar-refractivity contribution in [3.8, 4) is 51.6 Å². The van der Waals surface area contributed by atoms with Gasteiger partial charge in [0, 0.05) is 77.7 Å². The van der Waals surface area contributed by atoms with Crippen LogP contribution < -0.4 is 16.0 Å². The molecule has 0 aromatic heterocycles. The molecular weight excluding hydrogens is 1520 g/mol. The van der Waals surface area contributed by atoms with Gasteiger partial charge < -0.3 is 30.5 Å². The predicted octanol–water partition coefficient (Wildman–Crippen LogP) is 22.4. The van der Waals surface area contributed by atoms with Crippen LogP contribution in [0.2, 0.25) is 15.1 Å². The molecule has 4 saturated carbocycles. The second-order valence-corrected chi connectivity index (χ2v) is 34.3. The number of hydrogen-bond donors (Lipinski definition) is 3. The summed E-state index contributed by atoms with van der Waals surface area (Å²) < 4.78 is 46.9. The van der Waals surface area contributed by atoms with Gasteiger partial charge in [-0.15, -0.1) is 0 Å². The molecule has 9 aromatic carbocycles. The Bertz CT molecular complexity index is 5030. The summed E-state index contributed by atoms with van der Waals surface area (Å²) in [6.07, 6.45) is 22.5. The fourth-order valence-electron chi connectivity index (χ4n) is 18.8. The van der Waals surface area contributed by atoms with Crippen molar-refractivity contribution in [2.75, 3.05) is 68.4 Å². The Hall–Kier alpha value is -9.64. The molecule has 7 aliphatic rings. The summed E-state index contributed by atoms with van der Waals surface area (Å²) in [6.45, 7) is 7.17. The Morgan fingerprint density at radius 3 is 1.29 bits per heavy atom. The highest BCUT2D eigenvalue weighted by Gasteiger charge is 2.46. The van der Waals surface area contributed by atoms with Gasteiger partial charge in [0.05, 0.1) is 45.5 Å². The van der Waals surface area contributed by atoms with Gasteiger partial charge >= 0.3 is 0 Å². The van der Waals surface area contributed by atoms with E-state index in [1.54, 1.807) is 24.3 Å². The molecule has 4 aliphatic carbocycles. The van der Waals surface area contributed by atoms with E-state index in [2.05, 4.69) is 122 Å². The van der Waals surface area contributed by atoms with Crippen LogP contribution in [0.15, 0.2) is 200 Å². The van der Waals surface area contributed by atoms with E-state index in [1.165, 1.54) is 113 Å². The highest BCUT2D eigenvalue weighted by Crippen LogP contribution is 2.48. The minimum Gasteiger partial charge on any atom is -0.360 e. The average molecular weight is 1620 g/mol. The first kappa shape index (κ1) is 82.9. The number of piperidine rings is 3. The summed E-state index contributed by atoms with van der Waals surface area (Å²) in [4.78, 5) is 46.6. The number of likely N-dealkylation sites (tertiary alicyclic amines) is 3. The van der Waals surface area contributed by atoms with E-state index in [-0.39, 0.29) is 45.9 Å². The summed E-state index contributed by atoms with van der Waals surface area (Å²) in [5.74, 6) is -0.417. The number of carbonyl (C=O) groups is 3. The quantitative estimate of drug-likeness (QED) is 0.0592. The highest BCUT2D eigenvalue weighted by atomic mass is 35.5. The summed E-state index contributed by atoms with van der Waals surface area (Å²) >= 11 is 18.1. The second kappa shape index (κ2) is 38.2. The lowest BCUT2D eigenvalue weighted by molar-refractivity contribution is -0.138. The number of carbonyl (C=O) groups excluding carboxylic acids is 3. The van der Waals surface area contributed by atoms with Gasteiger partial charge in [-0.1, -0.05) is 163 Å². The van der Waals surface area contributed by atoms with Gasteiger partial charge in [0.25, 0.3) is 0 Å². The van der Waals surface area contributed by atoms with Crippen molar-refractivity contribution in [3.63, 3.8) is 0 Å². The van der Waals surface area contributed by atoms with Crippen molar-refractivity contribution in [1.29, 1.82) is 15.8 Å². The van der Waals surface area contributed by atoms with Crippen molar-refractivity contribution in [2.45, 2.75) is 163 Å².